The number of nitrogens with two attached hydrogens (primary N) is 1. The Hall–Kier alpha value is -2.31. The summed E-state index contributed by atoms with van der Waals surface area (Å²) >= 11 is 0. The third-order valence-corrected chi connectivity index (χ3v) is 2.94. The van der Waals surface area contributed by atoms with Gasteiger partial charge in [-0.25, -0.2) is 14.2 Å². The molecule has 0 bridgehead atoms. The Morgan fingerprint density at radius 2 is 2.20 bits per heavy atom. The quantitative estimate of drug-likeness (QED) is 0.855. The maximum Gasteiger partial charge on any atom is 0.341 e. The van der Waals surface area contributed by atoms with E-state index in [1.165, 1.54) is 6.20 Å². The van der Waals surface area contributed by atoms with E-state index in [1.54, 1.807) is 29.5 Å². The molecular formula is C13H19N5O2. The number of hydrogen-bond acceptors (Lipinski definition) is 5. The van der Waals surface area contributed by atoms with E-state index in [9.17, 15) is 4.79 Å². The van der Waals surface area contributed by atoms with Crippen molar-refractivity contribution in [3.05, 3.63) is 23.7 Å². The molecule has 2 N–H and O–H groups in total. The Labute approximate surface area is 117 Å². The summed E-state index contributed by atoms with van der Waals surface area (Å²) in [6.07, 6.45) is 3.05. The molecule has 0 radical (unpaired) electrons. The smallest absolute Gasteiger partial charge is 0.341 e. The largest absolute Gasteiger partial charge is 0.462 e. The van der Waals surface area contributed by atoms with Crippen LogP contribution in [0.15, 0.2) is 12.4 Å². The van der Waals surface area contributed by atoms with Crippen LogP contribution in [0, 0.1) is 0 Å². The molecule has 0 saturated heterocycles. The summed E-state index contributed by atoms with van der Waals surface area (Å²) in [5.41, 5.74) is 7.89. The maximum atomic E-state index is 11.6. The molecule has 0 atom stereocenters. The van der Waals surface area contributed by atoms with Gasteiger partial charge in [-0.2, -0.15) is 10.2 Å². The first-order chi connectivity index (χ1) is 9.45. The minimum Gasteiger partial charge on any atom is -0.462 e. The van der Waals surface area contributed by atoms with E-state index in [1.807, 2.05) is 13.8 Å². The standard InChI is InChI=1S/C13H19N5O2/c1-5-20-13(19)9-6-15-18(7-9)12-10(14)11(8(2)3)16-17(12)4/h6-8H,5,14H2,1-4H3. The van der Waals surface area contributed by atoms with Crippen molar-refractivity contribution in [3.63, 3.8) is 0 Å². The van der Waals surface area contributed by atoms with Crippen molar-refractivity contribution in [2.45, 2.75) is 26.7 Å². The highest BCUT2D eigenvalue weighted by atomic mass is 16.5. The molecule has 0 saturated carbocycles. The molecule has 0 aliphatic rings. The highest BCUT2D eigenvalue weighted by molar-refractivity contribution is 5.88. The van der Waals surface area contributed by atoms with Gasteiger partial charge in [-0.3, -0.25) is 0 Å². The summed E-state index contributed by atoms with van der Waals surface area (Å²) < 4.78 is 8.14. The minimum atomic E-state index is -0.399. The van der Waals surface area contributed by atoms with E-state index in [-0.39, 0.29) is 5.92 Å². The summed E-state index contributed by atoms with van der Waals surface area (Å²) in [5, 5.41) is 8.55. The number of rotatable bonds is 4. The topological polar surface area (TPSA) is 88.0 Å². The number of carbonyl (C=O) groups is 1. The SMILES string of the molecule is CCOC(=O)c1cnn(-c2c(N)c(C(C)C)nn2C)c1. The van der Waals surface area contributed by atoms with Crippen molar-refractivity contribution in [1.82, 2.24) is 19.6 Å². The van der Waals surface area contributed by atoms with Gasteiger partial charge in [0.1, 0.15) is 5.69 Å². The molecule has 0 spiro atoms. The van der Waals surface area contributed by atoms with E-state index in [0.717, 1.165) is 5.69 Å². The first-order valence-electron chi connectivity index (χ1n) is 6.50. The molecular weight excluding hydrogens is 258 g/mol. The molecule has 2 aromatic rings. The van der Waals surface area contributed by atoms with E-state index >= 15 is 0 Å². The van der Waals surface area contributed by atoms with Crippen LogP contribution < -0.4 is 5.73 Å². The van der Waals surface area contributed by atoms with Crippen LogP contribution in [0.25, 0.3) is 5.82 Å². The third kappa shape index (κ3) is 2.38. The predicted octanol–water partition coefficient (Wildman–Crippen LogP) is 1.49. The number of anilines is 1. The Morgan fingerprint density at radius 1 is 1.50 bits per heavy atom. The second-order valence-corrected chi connectivity index (χ2v) is 4.79. The second kappa shape index (κ2) is 5.36. The van der Waals surface area contributed by atoms with E-state index in [2.05, 4.69) is 10.2 Å². The molecule has 0 aliphatic heterocycles. The number of aryl methyl sites for hydroxylation is 1. The number of esters is 1. The monoisotopic (exact) mass is 277 g/mol. The summed E-state index contributed by atoms with van der Waals surface area (Å²) in [6.45, 7) is 6.14. The van der Waals surface area contributed by atoms with Crippen LogP contribution >= 0.6 is 0 Å². The average Bonchev–Trinajstić information content (AvgIpc) is 2.95. The van der Waals surface area contributed by atoms with Gasteiger partial charge >= 0.3 is 5.97 Å². The maximum absolute atomic E-state index is 11.6. The van der Waals surface area contributed by atoms with Crippen molar-refractivity contribution >= 4 is 11.7 Å². The van der Waals surface area contributed by atoms with Crippen LogP contribution in [0.2, 0.25) is 0 Å². The van der Waals surface area contributed by atoms with Crippen molar-refractivity contribution in [3.8, 4) is 5.82 Å². The molecule has 108 valence electrons. The lowest BCUT2D eigenvalue weighted by atomic mass is 10.1. The van der Waals surface area contributed by atoms with Crippen LogP contribution in [-0.4, -0.2) is 32.1 Å². The van der Waals surface area contributed by atoms with Gasteiger partial charge in [0.05, 0.1) is 24.1 Å². The van der Waals surface area contributed by atoms with E-state index in [0.29, 0.717) is 23.7 Å². The zero-order valence-electron chi connectivity index (χ0n) is 12.1. The number of ether oxygens (including phenoxy) is 1. The lowest BCUT2D eigenvalue weighted by Crippen LogP contribution is -2.06. The molecule has 7 heteroatoms. The number of aromatic nitrogens is 4. The fraction of sp³-hybridized carbons (Fsp3) is 0.462. The predicted molar refractivity (Wildman–Crippen MR) is 74.8 cm³/mol. The number of nitrogen functional groups attached to an aromatic ring is 1. The number of hydrogen-bond donors (Lipinski definition) is 1. The van der Waals surface area contributed by atoms with Crippen molar-refractivity contribution < 1.29 is 9.53 Å². The van der Waals surface area contributed by atoms with E-state index < -0.39 is 5.97 Å². The van der Waals surface area contributed by atoms with Crippen LogP contribution in [0.5, 0.6) is 0 Å². The van der Waals surface area contributed by atoms with Crippen LogP contribution in [0.1, 0.15) is 42.7 Å². The average molecular weight is 277 g/mol. The number of nitrogens with zero attached hydrogens (tertiary/aromatic N) is 4. The molecule has 20 heavy (non-hydrogen) atoms. The summed E-state index contributed by atoms with van der Waals surface area (Å²) in [7, 11) is 1.79. The van der Waals surface area contributed by atoms with Gasteiger partial charge < -0.3 is 10.5 Å². The minimum absolute atomic E-state index is 0.218. The van der Waals surface area contributed by atoms with E-state index in [4.69, 9.17) is 10.5 Å². The van der Waals surface area contributed by atoms with Crippen LogP contribution in [0.3, 0.4) is 0 Å². The zero-order chi connectivity index (χ0) is 14.9. The summed E-state index contributed by atoms with van der Waals surface area (Å²) in [6, 6.07) is 0. The fourth-order valence-electron chi connectivity index (χ4n) is 2.01. The normalized spacial score (nSPS) is 11.1. The summed E-state index contributed by atoms with van der Waals surface area (Å²) in [5.74, 6) is 0.461. The molecule has 2 rings (SSSR count). The third-order valence-electron chi connectivity index (χ3n) is 2.94. The molecule has 7 nitrogen and oxygen atoms in total. The number of carbonyl (C=O) groups excluding carboxylic acids is 1. The summed E-state index contributed by atoms with van der Waals surface area (Å²) in [4.78, 5) is 11.6. The lowest BCUT2D eigenvalue weighted by Gasteiger charge is -2.03. The second-order valence-electron chi connectivity index (χ2n) is 4.79. The van der Waals surface area contributed by atoms with Crippen LogP contribution in [-0.2, 0) is 11.8 Å². The van der Waals surface area contributed by atoms with Gasteiger partial charge in [-0.15, -0.1) is 0 Å². The fourth-order valence-corrected chi connectivity index (χ4v) is 2.01. The molecule has 0 amide bonds. The van der Waals surface area contributed by atoms with Crippen molar-refractivity contribution in [2.75, 3.05) is 12.3 Å². The highest BCUT2D eigenvalue weighted by Gasteiger charge is 2.19. The van der Waals surface area contributed by atoms with Gasteiger partial charge in [-0.1, -0.05) is 13.8 Å². The molecule has 0 aliphatic carbocycles. The van der Waals surface area contributed by atoms with Gasteiger partial charge in [-0.05, 0) is 12.8 Å². The molecule has 0 aromatic carbocycles. The van der Waals surface area contributed by atoms with Gasteiger partial charge in [0, 0.05) is 13.2 Å². The van der Waals surface area contributed by atoms with Gasteiger partial charge in [0.25, 0.3) is 0 Å². The molecule has 2 heterocycles. The first kappa shape index (κ1) is 14.1. The Bertz CT molecular complexity index is 627. The Balaban J connectivity index is 2.40. The zero-order valence-corrected chi connectivity index (χ0v) is 12.1. The Morgan fingerprint density at radius 3 is 2.75 bits per heavy atom. The van der Waals surface area contributed by atoms with Gasteiger partial charge in [0.15, 0.2) is 5.82 Å². The molecule has 2 aromatic heterocycles. The van der Waals surface area contributed by atoms with Crippen molar-refractivity contribution in [2.24, 2.45) is 7.05 Å². The first-order valence-corrected chi connectivity index (χ1v) is 6.50. The Kier molecular flexibility index (Phi) is 3.78. The van der Waals surface area contributed by atoms with Gasteiger partial charge in [0.2, 0.25) is 0 Å². The van der Waals surface area contributed by atoms with Crippen LogP contribution in [0.4, 0.5) is 5.69 Å². The molecule has 0 unspecified atom stereocenters. The molecule has 0 fully saturated rings. The highest BCUT2D eigenvalue weighted by Crippen LogP contribution is 2.26. The van der Waals surface area contributed by atoms with Crippen molar-refractivity contribution in [1.29, 1.82) is 0 Å². The lowest BCUT2D eigenvalue weighted by molar-refractivity contribution is 0.0526.